The number of carbonyl (C=O) groups excluding carboxylic acids is 1. The molecule has 0 bridgehead atoms. The van der Waals surface area contributed by atoms with Crippen LogP contribution >= 0.6 is 15.9 Å². The molecule has 7 heteroatoms. The van der Waals surface area contributed by atoms with E-state index in [1.807, 2.05) is 37.3 Å². The summed E-state index contributed by atoms with van der Waals surface area (Å²) in [5, 5.41) is 2.96. The zero-order valence-corrected chi connectivity index (χ0v) is 16.2. The first-order chi connectivity index (χ1) is 13.1. The van der Waals surface area contributed by atoms with Crippen LogP contribution in [0.1, 0.15) is 24.1 Å². The first-order valence-electron chi connectivity index (χ1n) is 8.57. The highest BCUT2D eigenvalue weighted by Gasteiger charge is 2.19. The molecule has 0 saturated heterocycles. The fourth-order valence-electron chi connectivity index (χ4n) is 2.94. The Hall–Kier alpha value is -2.67. The van der Waals surface area contributed by atoms with Crippen molar-refractivity contribution in [2.45, 2.75) is 13.0 Å². The lowest BCUT2D eigenvalue weighted by molar-refractivity contribution is -0.117. The summed E-state index contributed by atoms with van der Waals surface area (Å²) in [6.07, 6.45) is 3.24. The van der Waals surface area contributed by atoms with Crippen LogP contribution in [0, 0.1) is 0 Å². The zero-order valence-electron chi connectivity index (χ0n) is 14.7. The summed E-state index contributed by atoms with van der Waals surface area (Å²) < 4.78 is 22.7. The summed E-state index contributed by atoms with van der Waals surface area (Å²) in [5.41, 5.74) is 1.78. The quantitative estimate of drug-likeness (QED) is 0.744. The van der Waals surface area contributed by atoms with Gasteiger partial charge in [-0.1, -0.05) is 22.0 Å². The average molecular weight is 432 g/mol. The van der Waals surface area contributed by atoms with Crippen molar-refractivity contribution in [1.82, 2.24) is 5.32 Å². The van der Waals surface area contributed by atoms with Crippen molar-refractivity contribution < 1.29 is 23.7 Å². The van der Waals surface area contributed by atoms with Crippen LogP contribution < -0.4 is 24.3 Å². The van der Waals surface area contributed by atoms with Gasteiger partial charge in [-0.3, -0.25) is 4.79 Å². The molecule has 2 aliphatic rings. The van der Waals surface area contributed by atoms with Gasteiger partial charge in [-0.05, 0) is 48.4 Å². The van der Waals surface area contributed by atoms with Crippen molar-refractivity contribution >= 4 is 27.9 Å². The number of halogens is 1. The highest BCUT2D eigenvalue weighted by molar-refractivity contribution is 9.10. The predicted octanol–water partition coefficient (Wildman–Crippen LogP) is 3.84. The van der Waals surface area contributed by atoms with Crippen molar-refractivity contribution in [3.05, 3.63) is 52.0 Å². The molecule has 4 rings (SSSR count). The fraction of sp³-hybridized carbons (Fsp3) is 0.250. The van der Waals surface area contributed by atoms with E-state index in [4.69, 9.17) is 18.9 Å². The second kappa shape index (κ2) is 7.52. The number of carbonyl (C=O) groups is 1. The number of amides is 1. The molecule has 0 spiro atoms. The number of benzene rings is 2. The normalized spacial score (nSPS) is 15.6. The Morgan fingerprint density at radius 3 is 2.56 bits per heavy atom. The van der Waals surface area contributed by atoms with Gasteiger partial charge in [0.25, 0.3) is 0 Å². The third kappa shape index (κ3) is 3.88. The number of hydrogen-bond acceptors (Lipinski definition) is 5. The van der Waals surface area contributed by atoms with Crippen molar-refractivity contribution in [1.29, 1.82) is 0 Å². The van der Waals surface area contributed by atoms with Crippen LogP contribution in [0.4, 0.5) is 0 Å². The molecule has 0 aromatic heterocycles. The fourth-order valence-corrected chi connectivity index (χ4v) is 3.61. The summed E-state index contributed by atoms with van der Waals surface area (Å²) in [4.78, 5) is 12.3. The standard InChI is InChI=1S/C20H18BrNO5/c1-12(14-9-18-19(10-15(14)21)25-7-6-24-18)22-20(23)5-3-13-2-4-16-17(8-13)27-11-26-16/h2-5,8-10,12H,6-7,11H2,1H3,(H,22,23). The Labute approximate surface area is 165 Å². The molecule has 0 aliphatic carbocycles. The Bertz CT molecular complexity index is 911. The minimum atomic E-state index is -0.205. The van der Waals surface area contributed by atoms with Crippen LogP contribution in [0.3, 0.4) is 0 Å². The molecular formula is C20H18BrNO5. The molecule has 0 fully saturated rings. The first-order valence-corrected chi connectivity index (χ1v) is 9.37. The predicted molar refractivity (Wildman–Crippen MR) is 103 cm³/mol. The second-order valence-corrected chi connectivity index (χ2v) is 7.05. The molecule has 1 unspecified atom stereocenters. The van der Waals surface area contributed by atoms with Gasteiger partial charge in [0.15, 0.2) is 23.0 Å². The Morgan fingerprint density at radius 1 is 1.04 bits per heavy atom. The van der Waals surface area contributed by atoms with E-state index in [9.17, 15) is 4.79 Å². The lowest BCUT2D eigenvalue weighted by atomic mass is 10.1. The number of hydrogen-bond donors (Lipinski definition) is 1. The van der Waals surface area contributed by atoms with Gasteiger partial charge in [0.1, 0.15) is 13.2 Å². The Kier molecular flexibility index (Phi) is 4.94. The summed E-state index contributed by atoms with van der Waals surface area (Å²) in [6.45, 7) is 3.20. The number of rotatable bonds is 4. The van der Waals surface area contributed by atoms with E-state index >= 15 is 0 Å². The smallest absolute Gasteiger partial charge is 0.244 e. The third-order valence-corrected chi connectivity index (χ3v) is 5.00. The van der Waals surface area contributed by atoms with E-state index < -0.39 is 0 Å². The monoisotopic (exact) mass is 431 g/mol. The van der Waals surface area contributed by atoms with Gasteiger partial charge in [-0.2, -0.15) is 0 Å². The summed E-state index contributed by atoms with van der Waals surface area (Å²) in [7, 11) is 0. The molecule has 1 atom stereocenters. The van der Waals surface area contributed by atoms with Crippen LogP contribution in [0.25, 0.3) is 6.08 Å². The van der Waals surface area contributed by atoms with E-state index in [1.54, 1.807) is 6.08 Å². The Balaban J connectivity index is 1.43. The number of fused-ring (bicyclic) bond motifs is 2. The van der Waals surface area contributed by atoms with Gasteiger partial charge in [0.05, 0.1) is 6.04 Å². The van der Waals surface area contributed by atoms with Crippen LogP contribution in [0.15, 0.2) is 40.9 Å². The van der Waals surface area contributed by atoms with Crippen molar-refractivity contribution in [3.63, 3.8) is 0 Å². The number of ether oxygens (including phenoxy) is 4. The third-order valence-electron chi connectivity index (χ3n) is 4.31. The van der Waals surface area contributed by atoms with Crippen molar-refractivity contribution in [2.75, 3.05) is 20.0 Å². The van der Waals surface area contributed by atoms with Gasteiger partial charge in [0.2, 0.25) is 12.7 Å². The molecule has 140 valence electrons. The minimum absolute atomic E-state index is 0.193. The van der Waals surface area contributed by atoms with Gasteiger partial charge < -0.3 is 24.3 Å². The topological polar surface area (TPSA) is 66.0 Å². The van der Waals surface area contributed by atoms with Crippen LogP contribution in [-0.2, 0) is 4.79 Å². The maximum absolute atomic E-state index is 12.3. The molecule has 6 nitrogen and oxygen atoms in total. The molecule has 1 N–H and O–H groups in total. The molecule has 2 aromatic rings. The lowest BCUT2D eigenvalue weighted by Gasteiger charge is -2.22. The molecule has 0 saturated carbocycles. The lowest BCUT2D eigenvalue weighted by Crippen LogP contribution is -2.25. The maximum Gasteiger partial charge on any atom is 0.244 e. The molecule has 2 heterocycles. The van der Waals surface area contributed by atoms with Gasteiger partial charge >= 0.3 is 0 Å². The highest BCUT2D eigenvalue weighted by Crippen LogP contribution is 2.38. The zero-order chi connectivity index (χ0) is 18.8. The maximum atomic E-state index is 12.3. The van der Waals surface area contributed by atoms with Crippen molar-refractivity contribution in [2.24, 2.45) is 0 Å². The second-order valence-electron chi connectivity index (χ2n) is 6.19. The molecular weight excluding hydrogens is 414 g/mol. The van der Waals surface area contributed by atoms with Gasteiger partial charge in [-0.15, -0.1) is 0 Å². The van der Waals surface area contributed by atoms with E-state index in [1.165, 1.54) is 6.08 Å². The van der Waals surface area contributed by atoms with E-state index in [0.29, 0.717) is 36.2 Å². The van der Waals surface area contributed by atoms with E-state index in [0.717, 1.165) is 15.6 Å². The summed E-state index contributed by atoms with van der Waals surface area (Å²) in [5.74, 6) is 2.61. The highest BCUT2D eigenvalue weighted by atomic mass is 79.9. The van der Waals surface area contributed by atoms with E-state index in [-0.39, 0.29) is 18.7 Å². The number of nitrogens with one attached hydrogen (secondary N) is 1. The van der Waals surface area contributed by atoms with Gasteiger partial charge in [-0.25, -0.2) is 0 Å². The van der Waals surface area contributed by atoms with Crippen LogP contribution in [-0.4, -0.2) is 25.9 Å². The average Bonchev–Trinajstić information content (AvgIpc) is 3.13. The SMILES string of the molecule is CC(NC(=O)C=Cc1ccc2c(c1)OCO2)c1cc2c(cc1Br)OCCO2. The Morgan fingerprint density at radius 2 is 1.74 bits per heavy atom. The largest absolute Gasteiger partial charge is 0.486 e. The van der Waals surface area contributed by atoms with Crippen molar-refractivity contribution in [3.8, 4) is 23.0 Å². The first kappa shape index (κ1) is 17.7. The molecule has 2 aliphatic heterocycles. The van der Waals surface area contributed by atoms with Crippen LogP contribution in [0.5, 0.6) is 23.0 Å². The van der Waals surface area contributed by atoms with Gasteiger partial charge in [0, 0.05) is 10.5 Å². The molecule has 1 amide bonds. The molecule has 0 radical (unpaired) electrons. The summed E-state index contributed by atoms with van der Waals surface area (Å²) in [6, 6.07) is 9.10. The molecule has 2 aromatic carbocycles. The minimum Gasteiger partial charge on any atom is -0.486 e. The molecule has 27 heavy (non-hydrogen) atoms. The van der Waals surface area contributed by atoms with E-state index in [2.05, 4.69) is 21.2 Å². The van der Waals surface area contributed by atoms with Crippen LogP contribution in [0.2, 0.25) is 0 Å². The summed E-state index contributed by atoms with van der Waals surface area (Å²) >= 11 is 3.54.